The van der Waals surface area contributed by atoms with Crippen molar-refractivity contribution in [3.05, 3.63) is 57.9 Å². The summed E-state index contributed by atoms with van der Waals surface area (Å²) in [5, 5.41) is 20.8. The lowest BCUT2D eigenvalue weighted by Crippen LogP contribution is -2.11. The number of benzene rings is 1. The molecule has 1 aliphatic rings. The van der Waals surface area contributed by atoms with Crippen LogP contribution in [0.3, 0.4) is 0 Å². The predicted molar refractivity (Wildman–Crippen MR) is 70.3 cm³/mol. The Bertz CT molecular complexity index is 633. The summed E-state index contributed by atoms with van der Waals surface area (Å²) in [5.41, 5.74) is 2.85. The van der Waals surface area contributed by atoms with E-state index in [0.717, 1.165) is 36.2 Å². The molecule has 1 atom stereocenters. The quantitative estimate of drug-likeness (QED) is 0.665. The molecule has 0 spiro atoms. The lowest BCUT2D eigenvalue weighted by atomic mass is 9.95. The van der Waals surface area contributed by atoms with Crippen molar-refractivity contribution >= 4 is 5.69 Å². The van der Waals surface area contributed by atoms with Gasteiger partial charge in [0.05, 0.1) is 16.7 Å². The second kappa shape index (κ2) is 4.51. The number of hydrogen-bond donors (Lipinski definition) is 1. The average molecular weight is 258 g/mol. The van der Waals surface area contributed by atoms with E-state index in [2.05, 4.69) is 0 Å². The van der Waals surface area contributed by atoms with E-state index in [1.54, 1.807) is 12.1 Å². The molecule has 2 aromatic rings. The maximum atomic E-state index is 10.8. The van der Waals surface area contributed by atoms with Gasteiger partial charge in [0.1, 0.15) is 0 Å². The zero-order valence-electron chi connectivity index (χ0n) is 10.3. The van der Waals surface area contributed by atoms with Crippen LogP contribution in [0.25, 0.3) is 5.69 Å². The van der Waals surface area contributed by atoms with Crippen LogP contribution in [-0.2, 0) is 6.42 Å². The summed E-state index contributed by atoms with van der Waals surface area (Å²) >= 11 is 0. The van der Waals surface area contributed by atoms with E-state index in [1.165, 1.54) is 6.07 Å². The van der Waals surface area contributed by atoms with Crippen molar-refractivity contribution in [1.29, 1.82) is 0 Å². The van der Waals surface area contributed by atoms with Crippen molar-refractivity contribution in [2.45, 2.75) is 25.4 Å². The molecule has 0 fully saturated rings. The van der Waals surface area contributed by atoms with Gasteiger partial charge in [-0.25, -0.2) is 0 Å². The lowest BCUT2D eigenvalue weighted by molar-refractivity contribution is -0.384. The predicted octanol–water partition coefficient (Wildman–Crippen LogP) is 2.76. The zero-order valence-corrected chi connectivity index (χ0v) is 10.3. The summed E-state index contributed by atoms with van der Waals surface area (Å²) in [6.45, 7) is 0. The number of rotatable bonds is 2. The van der Waals surface area contributed by atoms with Crippen LogP contribution in [0.1, 0.15) is 30.2 Å². The Kier molecular flexibility index (Phi) is 2.83. The van der Waals surface area contributed by atoms with E-state index in [1.807, 2.05) is 22.9 Å². The molecule has 0 saturated heterocycles. The van der Waals surface area contributed by atoms with E-state index in [0.29, 0.717) is 0 Å². The Balaban J connectivity index is 2.08. The van der Waals surface area contributed by atoms with Crippen LogP contribution in [-0.4, -0.2) is 14.6 Å². The number of non-ortho nitro benzene ring substituents is 1. The molecule has 0 saturated carbocycles. The van der Waals surface area contributed by atoms with Gasteiger partial charge in [-0.1, -0.05) is 6.07 Å². The minimum atomic E-state index is -0.413. The summed E-state index contributed by atoms with van der Waals surface area (Å²) in [7, 11) is 0. The highest BCUT2D eigenvalue weighted by molar-refractivity contribution is 5.46. The molecule has 5 nitrogen and oxygen atoms in total. The van der Waals surface area contributed by atoms with Gasteiger partial charge in [-0.2, -0.15) is 0 Å². The molecule has 1 aromatic heterocycles. The molecule has 0 aliphatic heterocycles. The monoisotopic (exact) mass is 258 g/mol. The van der Waals surface area contributed by atoms with Crippen molar-refractivity contribution in [2.75, 3.05) is 0 Å². The fourth-order valence-corrected chi connectivity index (χ4v) is 2.66. The first-order valence-corrected chi connectivity index (χ1v) is 6.30. The smallest absolute Gasteiger partial charge is 0.271 e. The average Bonchev–Trinajstić information content (AvgIpc) is 2.84. The molecule has 0 radical (unpaired) electrons. The Morgan fingerprint density at radius 1 is 1.37 bits per heavy atom. The maximum absolute atomic E-state index is 10.8. The number of aromatic nitrogens is 1. The summed E-state index contributed by atoms with van der Waals surface area (Å²) < 4.78 is 1.94. The summed E-state index contributed by atoms with van der Waals surface area (Å²) in [5.74, 6) is 0. The zero-order chi connectivity index (χ0) is 13.4. The van der Waals surface area contributed by atoms with Crippen LogP contribution in [0, 0.1) is 10.1 Å². The number of fused-ring (bicyclic) bond motifs is 1. The maximum Gasteiger partial charge on any atom is 0.271 e. The van der Waals surface area contributed by atoms with Crippen molar-refractivity contribution in [3.63, 3.8) is 0 Å². The SMILES string of the molecule is O=[N+]([O-])c1cccc(-n2ccc3c2CCCC3O)c1. The van der Waals surface area contributed by atoms with E-state index in [9.17, 15) is 15.2 Å². The largest absolute Gasteiger partial charge is 0.388 e. The lowest BCUT2D eigenvalue weighted by Gasteiger charge is -2.20. The Morgan fingerprint density at radius 2 is 2.21 bits per heavy atom. The van der Waals surface area contributed by atoms with Crippen LogP contribution in [0.15, 0.2) is 36.5 Å². The molecule has 5 heteroatoms. The summed E-state index contributed by atoms with van der Waals surface area (Å²) in [6, 6.07) is 8.46. The molecule has 3 rings (SSSR count). The second-order valence-electron chi connectivity index (χ2n) is 4.77. The van der Waals surface area contributed by atoms with Crippen molar-refractivity contribution in [3.8, 4) is 5.69 Å². The number of nitrogens with zero attached hydrogens (tertiary/aromatic N) is 2. The molecule has 1 N–H and O–H groups in total. The molecular weight excluding hydrogens is 244 g/mol. The standard InChI is InChI=1S/C14H14N2O3/c17-14-6-2-5-13-12(14)7-8-15(13)10-3-1-4-11(9-10)16(18)19/h1,3-4,7-9,14,17H,2,5-6H2. The van der Waals surface area contributed by atoms with Gasteiger partial charge < -0.3 is 9.67 Å². The number of hydrogen-bond acceptors (Lipinski definition) is 3. The third kappa shape index (κ3) is 2.02. The number of aliphatic hydroxyl groups excluding tert-OH is 1. The highest BCUT2D eigenvalue weighted by Crippen LogP contribution is 2.32. The fraction of sp³-hybridized carbons (Fsp3) is 0.286. The van der Waals surface area contributed by atoms with Crippen LogP contribution in [0.4, 0.5) is 5.69 Å². The Morgan fingerprint density at radius 3 is 3.00 bits per heavy atom. The van der Waals surface area contributed by atoms with Crippen LogP contribution in [0.5, 0.6) is 0 Å². The molecule has 1 aliphatic carbocycles. The first kappa shape index (κ1) is 11.9. The van der Waals surface area contributed by atoms with E-state index < -0.39 is 11.0 Å². The minimum Gasteiger partial charge on any atom is -0.388 e. The van der Waals surface area contributed by atoms with Crippen molar-refractivity contribution in [1.82, 2.24) is 4.57 Å². The first-order chi connectivity index (χ1) is 9.16. The van der Waals surface area contributed by atoms with Gasteiger partial charge in [-0.05, 0) is 31.4 Å². The third-order valence-electron chi connectivity index (χ3n) is 3.60. The van der Waals surface area contributed by atoms with Crippen molar-refractivity contribution in [2.24, 2.45) is 0 Å². The van der Waals surface area contributed by atoms with Gasteiger partial charge in [-0.3, -0.25) is 10.1 Å². The second-order valence-corrected chi connectivity index (χ2v) is 4.77. The van der Waals surface area contributed by atoms with Gasteiger partial charge in [0, 0.05) is 29.6 Å². The number of aliphatic hydroxyl groups is 1. The normalized spacial score (nSPS) is 18.1. The summed E-state index contributed by atoms with van der Waals surface area (Å²) in [4.78, 5) is 10.4. The van der Waals surface area contributed by atoms with Gasteiger partial charge in [0.15, 0.2) is 0 Å². The van der Waals surface area contributed by atoms with E-state index in [-0.39, 0.29) is 5.69 Å². The Labute approximate surface area is 110 Å². The topological polar surface area (TPSA) is 68.3 Å². The van der Waals surface area contributed by atoms with Gasteiger partial charge >= 0.3 is 0 Å². The first-order valence-electron chi connectivity index (χ1n) is 6.30. The molecule has 98 valence electrons. The van der Waals surface area contributed by atoms with Crippen LogP contribution < -0.4 is 0 Å². The molecule has 1 aromatic carbocycles. The van der Waals surface area contributed by atoms with E-state index >= 15 is 0 Å². The molecule has 19 heavy (non-hydrogen) atoms. The number of nitro groups is 1. The van der Waals surface area contributed by atoms with Crippen LogP contribution >= 0.6 is 0 Å². The third-order valence-corrected chi connectivity index (χ3v) is 3.60. The minimum absolute atomic E-state index is 0.0799. The van der Waals surface area contributed by atoms with Gasteiger partial charge in [0.25, 0.3) is 5.69 Å². The van der Waals surface area contributed by atoms with Gasteiger partial charge in [0.2, 0.25) is 0 Å². The summed E-state index contributed by atoms with van der Waals surface area (Å²) in [6.07, 6.45) is 4.07. The number of nitro benzene ring substituents is 1. The molecule has 1 unspecified atom stereocenters. The molecule has 0 bridgehead atoms. The Hall–Kier alpha value is -2.14. The van der Waals surface area contributed by atoms with Gasteiger partial charge in [-0.15, -0.1) is 0 Å². The van der Waals surface area contributed by atoms with Crippen molar-refractivity contribution < 1.29 is 10.0 Å². The highest BCUT2D eigenvalue weighted by atomic mass is 16.6. The fourth-order valence-electron chi connectivity index (χ4n) is 2.66. The molecule has 0 amide bonds. The molecular formula is C14H14N2O3. The van der Waals surface area contributed by atoms with E-state index in [4.69, 9.17) is 0 Å². The highest BCUT2D eigenvalue weighted by Gasteiger charge is 2.22. The van der Waals surface area contributed by atoms with Crippen LogP contribution in [0.2, 0.25) is 0 Å². The molecule has 1 heterocycles.